The highest BCUT2D eigenvalue weighted by Gasteiger charge is 2.30. The molecule has 0 bridgehead atoms. The van der Waals surface area contributed by atoms with Crippen LogP contribution in [0.2, 0.25) is 0 Å². The van der Waals surface area contributed by atoms with Crippen molar-refractivity contribution >= 4 is 16.0 Å². The Balaban J connectivity index is 1.97. The van der Waals surface area contributed by atoms with Crippen LogP contribution in [0.25, 0.3) is 0 Å². The molecule has 0 saturated heterocycles. The first-order valence-electron chi connectivity index (χ1n) is 6.08. The molecule has 2 heterocycles. The van der Waals surface area contributed by atoms with E-state index in [4.69, 9.17) is 5.11 Å². The number of nitrogens with zero attached hydrogens (tertiary/aromatic N) is 2. The number of hydrogen-bond acceptors (Lipinski definition) is 3. The third kappa shape index (κ3) is 2.29. The minimum Gasteiger partial charge on any atom is -0.477 e. The van der Waals surface area contributed by atoms with Gasteiger partial charge in [-0.25, -0.2) is 9.63 Å². The lowest BCUT2D eigenvalue weighted by atomic mass is 10.4. The van der Waals surface area contributed by atoms with Gasteiger partial charge >= 0.3 is 5.97 Å². The predicted molar refractivity (Wildman–Crippen MR) is 70.6 cm³/mol. The average Bonchev–Trinajstić information content (AvgIpc) is 2.90. The number of carbonyl (C=O) groups is 1. The third-order valence-corrected chi connectivity index (χ3v) is 4.42. The highest BCUT2D eigenvalue weighted by atomic mass is 32.2. The highest BCUT2D eigenvalue weighted by Crippen LogP contribution is 2.37. The van der Waals surface area contributed by atoms with Gasteiger partial charge in [-0.3, -0.25) is 4.68 Å². The smallest absolute Gasteiger partial charge is 0.352 e. The van der Waals surface area contributed by atoms with Gasteiger partial charge in [0, 0.05) is 24.6 Å². The molecule has 106 valence electrons. The molecule has 0 radical (unpaired) electrons. The molecule has 0 atom stereocenters. The lowest BCUT2D eigenvalue weighted by Gasteiger charge is -2.06. The lowest BCUT2D eigenvalue weighted by molar-refractivity contribution is 0.0685. The Morgan fingerprint density at radius 2 is 1.95 bits per heavy atom. The SMILES string of the molecule is O=C(O)c1cc(S(=O)(=O)Nn2cccc2)cn1C1CC1. The highest BCUT2D eigenvalue weighted by molar-refractivity contribution is 7.92. The zero-order valence-corrected chi connectivity index (χ0v) is 11.2. The van der Waals surface area contributed by atoms with Crippen molar-refractivity contribution in [1.82, 2.24) is 9.24 Å². The van der Waals surface area contributed by atoms with Crippen LogP contribution in [0.1, 0.15) is 29.4 Å². The summed E-state index contributed by atoms with van der Waals surface area (Å²) in [6.45, 7) is 0. The summed E-state index contributed by atoms with van der Waals surface area (Å²) < 4.78 is 27.2. The summed E-state index contributed by atoms with van der Waals surface area (Å²) in [6.07, 6.45) is 6.23. The summed E-state index contributed by atoms with van der Waals surface area (Å²) >= 11 is 0. The van der Waals surface area contributed by atoms with Crippen molar-refractivity contribution in [3.63, 3.8) is 0 Å². The van der Waals surface area contributed by atoms with Crippen molar-refractivity contribution in [1.29, 1.82) is 0 Å². The molecule has 1 aliphatic carbocycles. The van der Waals surface area contributed by atoms with Crippen molar-refractivity contribution in [2.75, 3.05) is 4.83 Å². The Hall–Kier alpha value is -2.22. The Bertz CT molecular complexity index is 742. The van der Waals surface area contributed by atoms with E-state index < -0.39 is 16.0 Å². The second-order valence-corrected chi connectivity index (χ2v) is 6.35. The van der Waals surface area contributed by atoms with E-state index in [9.17, 15) is 13.2 Å². The molecular formula is C12H13N3O4S. The summed E-state index contributed by atoms with van der Waals surface area (Å²) in [6, 6.07) is 4.64. The van der Waals surface area contributed by atoms with Gasteiger partial charge in [0.15, 0.2) is 0 Å². The van der Waals surface area contributed by atoms with Crippen LogP contribution >= 0.6 is 0 Å². The molecule has 0 aromatic carbocycles. The summed E-state index contributed by atoms with van der Waals surface area (Å²) in [5, 5.41) is 9.14. The Labute approximate surface area is 115 Å². The van der Waals surface area contributed by atoms with Gasteiger partial charge in [0.05, 0.1) is 0 Å². The monoisotopic (exact) mass is 295 g/mol. The zero-order valence-electron chi connectivity index (χ0n) is 10.4. The van der Waals surface area contributed by atoms with E-state index in [1.54, 1.807) is 24.5 Å². The number of rotatable bonds is 5. The molecule has 2 aromatic rings. The summed E-state index contributed by atoms with van der Waals surface area (Å²) in [7, 11) is -3.80. The number of carboxylic acids is 1. The van der Waals surface area contributed by atoms with Crippen molar-refractivity contribution in [3.8, 4) is 0 Å². The number of aromatic carboxylic acids is 1. The standard InChI is InChI=1S/C12H13N3O4S/c16-12(17)11-7-10(8-15(11)9-3-4-9)20(18,19)13-14-5-1-2-6-14/h1-2,5-9,13H,3-4H2,(H,16,17). The number of carboxylic acid groups (broad SMARTS) is 1. The van der Waals surface area contributed by atoms with Gasteiger partial charge in [-0.2, -0.15) is 8.42 Å². The van der Waals surface area contributed by atoms with Crippen molar-refractivity contribution in [2.24, 2.45) is 0 Å². The minimum absolute atomic E-state index is 0.000353. The molecule has 0 amide bonds. The summed E-state index contributed by atoms with van der Waals surface area (Å²) in [5.74, 6) is -1.13. The minimum atomic E-state index is -3.80. The Morgan fingerprint density at radius 1 is 1.30 bits per heavy atom. The summed E-state index contributed by atoms with van der Waals surface area (Å²) in [5.41, 5.74) is 0.000353. The van der Waals surface area contributed by atoms with Crippen molar-refractivity contribution in [3.05, 3.63) is 42.5 Å². The van der Waals surface area contributed by atoms with Gasteiger partial charge in [-0.15, -0.1) is 0 Å². The molecule has 0 unspecified atom stereocenters. The molecule has 1 aliphatic rings. The maximum atomic E-state index is 12.2. The van der Waals surface area contributed by atoms with Gasteiger partial charge in [-0.1, -0.05) is 0 Å². The molecule has 2 aromatic heterocycles. The van der Waals surface area contributed by atoms with E-state index >= 15 is 0 Å². The van der Waals surface area contributed by atoms with Gasteiger partial charge in [0.1, 0.15) is 10.6 Å². The maximum absolute atomic E-state index is 12.2. The average molecular weight is 295 g/mol. The van der Waals surface area contributed by atoms with Crippen LogP contribution in [0, 0.1) is 0 Å². The zero-order chi connectivity index (χ0) is 14.3. The molecule has 20 heavy (non-hydrogen) atoms. The van der Waals surface area contributed by atoms with Crippen LogP contribution in [-0.4, -0.2) is 28.7 Å². The van der Waals surface area contributed by atoms with Gasteiger partial charge in [0.2, 0.25) is 0 Å². The fourth-order valence-corrected chi connectivity index (χ4v) is 3.04. The van der Waals surface area contributed by atoms with Gasteiger partial charge in [-0.05, 0) is 31.0 Å². The van der Waals surface area contributed by atoms with E-state index in [0.717, 1.165) is 12.8 Å². The molecule has 3 rings (SSSR count). The van der Waals surface area contributed by atoms with Crippen LogP contribution < -0.4 is 4.83 Å². The molecule has 0 aliphatic heterocycles. The van der Waals surface area contributed by atoms with Crippen LogP contribution in [0.4, 0.5) is 0 Å². The van der Waals surface area contributed by atoms with Crippen LogP contribution in [0.15, 0.2) is 41.7 Å². The second-order valence-electron chi connectivity index (χ2n) is 4.69. The Kier molecular flexibility index (Phi) is 2.82. The molecular weight excluding hydrogens is 282 g/mol. The molecule has 2 N–H and O–H groups in total. The number of nitrogens with one attached hydrogen (secondary N) is 1. The largest absolute Gasteiger partial charge is 0.477 e. The van der Waals surface area contributed by atoms with Gasteiger partial charge < -0.3 is 9.67 Å². The van der Waals surface area contributed by atoms with Crippen molar-refractivity contribution in [2.45, 2.75) is 23.8 Å². The first kappa shape index (κ1) is 12.8. The van der Waals surface area contributed by atoms with Gasteiger partial charge in [0.25, 0.3) is 10.0 Å². The second kappa shape index (κ2) is 4.41. The first-order chi connectivity index (χ1) is 9.47. The predicted octanol–water partition coefficient (Wildman–Crippen LogP) is 1.26. The number of hydrogen-bond donors (Lipinski definition) is 2. The normalized spacial score (nSPS) is 15.2. The molecule has 1 fully saturated rings. The van der Waals surface area contributed by atoms with E-state index in [0.29, 0.717) is 0 Å². The van der Waals surface area contributed by atoms with E-state index in [1.807, 2.05) is 0 Å². The Morgan fingerprint density at radius 3 is 2.50 bits per heavy atom. The number of sulfonamides is 1. The lowest BCUT2D eigenvalue weighted by Crippen LogP contribution is -2.21. The quantitative estimate of drug-likeness (QED) is 0.868. The molecule has 7 nitrogen and oxygen atoms in total. The van der Waals surface area contributed by atoms with E-state index in [2.05, 4.69) is 4.83 Å². The fourth-order valence-electron chi connectivity index (χ4n) is 2.01. The first-order valence-corrected chi connectivity index (χ1v) is 7.57. The number of aromatic nitrogens is 2. The third-order valence-electron chi connectivity index (χ3n) is 3.12. The molecule has 1 saturated carbocycles. The fraction of sp³-hybridized carbons (Fsp3) is 0.250. The van der Waals surface area contributed by atoms with Crippen LogP contribution in [0.3, 0.4) is 0 Å². The molecule has 8 heteroatoms. The van der Waals surface area contributed by atoms with E-state index in [-0.39, 0.29) is 16.6 Å². The maximum Gasteiger partial charge on any atom is 0.352 e. The van der Waals surface area contributed by atoms with Crippen molar-refractivity contribution < 1.29 is 18.3 Å². The summed E-state index contributed by atoms with van der Waals surface area (Å²) in [4.78, 5) is 13.5. The topological polar surface area (TPSA) is 93.3 Å². The molecule has 0 spiro atoms. The van der Waals surface area contributed by atoms with Crippen LogP contribution in [-0.2, 0) is 10.0 Å². The van der Waals surface area contributed by atoms with E-state index in [1.165, 1.54) is 21.5 Å². The van der Waals surface area contributed by atoms with Crippen LogP contribution in [0.5, 0.6) is 0 Å².